The molecule has 1 atom stereocenters. The van der Waals surface area contributed by atoms with Gasteiger partial charge >= 0.3 is 6.18 Å². The van der Waals surface area contributed by atoms with Gasteiger partial charge in [-0.15, -0.1) is 24.8 Å². The fourth-order valence-electron chi connectivity index (χ4n) is 1.88. The molecule has 0 aromatic heterocycles. The quantitative estimate of drug-likeness (QED) is 0.848. The summed E-state index contributed by atoms with van der Waals surface area (Å²) in [6.07, 6.45) is -4.18. The van der Waals surface area contributed by atoms with Crippen molar-refractivity contribution < 1.29 is 18.0 Å². The molecule has 1 amide bonds. The Labute approximate surface area is 129 Å². The molecule has 1 unspecified atom stereocenters. The molecule has 9 heteroatoms. The van der Waals surface area contributed by atoms with Crippen LogP contribution in [0, 0.1) is 5.92 Å². The van der Waals surface area contributed by atoms with Crippen LogP contribution in [-0.4, -0.2) is 60.6 Å². The molecule has 1 saturated heterocycles. The topological polar surface area (TPSA) is 49.6 Å². The zero-order chi connectivity index (χ0) is 13.9. The van der Waals surface area contributed by atoms with Crippen molar-refractivity contribution >= 4 is 30.7 Å². The molecule has 2 N–H and O–H groups in total. The number of hydrogen-bond donors (Lipinski definition) is 1. The number of nitrogens with zero attached hydrogens (tertiary/aromatic N) is 2. The second-order valence-corrected chi connectivity index (χ2v) is 4.99. The van der Waals surface area contributed by atoms with E-state index in [0.717, 1.165) is 0 Å². The standard InChI is InChI=1S/C11H20F3N3O.2ClH/c1-8(2)9(15)10(18)17-5-3-16(4-6-17)7-11(12,13)14;;/h8-9H,3-7,15H2,1-2H3;2*1H. The number of hydrogen-bond acceptors (Lipinski definition) is 3. The van der Waals surface area contributed by atoms with E-state index in [1.165, 1.54) is 4.90 Å². The zero-order valence-corrected chi connectivity index (χ0v) is 13.2. The van der Waals surface area contributed by atoms with Gasteiger partial charge in [-0.3, -0.25) is 9.69 Å². The molecule has 0 radical (unpaired) electrons. The molecular weight excluding hydrogens is 318 g/mol. The second kappa shape index (κ2) is 8.92. The van der Waals surface area contributed by atoms with E-state index < -0.39 is 18.8 Å². The molecule has 20 heavy (non-hydrogen) atoms. The summed E-state index contributed by atoms with van der Waals surface area (Å²) in [7, 11) is 0. The summed E-state index contributed by atoms with van der Waals surface area (Å²) in [4.78, 5) is 14.8. The fraction of sp³-hybridized carbons (Fsp3) is 0.909. The molecule has 0 aromatic carbocycles. The van der Waals surface area contributed by atoms with E-state index >= 15 is 0 Å². The lowest BCUT2D eigenvalue weighted by molar-refractivity contribution is -0.152. The number of carbonyl (C=O) groups is 1. The summed E-state index contributed by atoms with van der Waals surface area (Å²) in [5, 5.41) is 0. The van der Waals surface area contributed by atoms with E-state index in [2.05, 4.69) is 0 Å². The summed E-state index contributed by atoms with van der Waals surface area (Å²) >= 11 is 0. The Morgan fingerprint density at radius 3 is 1.95 bits per heavy atom. The Kier molecular flexibility index (Phi) is 9.83. The molecule has 1 heterocycles. The van der Waals surface area contributed by atoms with Gasteiger partial charge in [0.25, 0.3) is 0 Å². The van der Waals surface area contributed by atoms with Crippen molar-refractivity contribution in [2.45, 2.75) is 26.1 Å². The number of amides is 1. The van der Waals surface area contributed by atoms with Gasteiger partial charge in [0.15, 0.2) is 0 Å². The van der Waals surface area contributed by atoms with Crippen LogP contribution in [0.15, 0.2) is 0 Å². The molecule has 122 valence electrons. The maximum atomic E-state index is 12.2. The number of rotatable bonds is 3. The molecule has 1 rings (SSSR count). The van der Waals surface area contributed by atoms with Crippen molar-refractivity contribution in [1.82, 2.24) is 9.80 Å². The van der Waals surface area contributed by atoms with E-state index in [9.17, 15) is 18.0 Å². The molecular formula is C11H22Cl2F3N3O. The molecule has 0 spiro atoms. The van der Waals surface area contributed by atoms with Crippen molar-refractivity contribution in [2.75, 3.05) is 32.7 Å². The van der Waals surface area contributed by atoms with Crippen molar-refractivity contribution in [2.24, 2.45) is 11.7 Å². The monoisotopic (exact) mass is 339 g/mol. The molecule has 4 nitrogen and oxygen atoms in total. The van der Waals surface area contributed by atoms with Crippen molar-refractivity contribution in [3.63, 3.8) is 0 Å². The lowest BCUT2D eigenvalue weighted by Gasteiger charge is -2.36. The average molecular weight is 340 g/mol. The Morgan fingerprint density at radius 2 is 1.60 bits per heavy atom. The number of carbonyl (C=O) groups excluding carboxylic acids is 1. The highest BCUT2D eigenvalue weighted by Gasteiger charge is 2.33. The Morgan fingerprint density at radius 1 is 1.15 bits per heavy atom. The van der Waals surface area contributed by atoms with Crippen molar-refractivity contribution in [3.05, 3.63) is 0 Å². The van der Waals surface area contributed by atoms with Crippen molar-refractivity contribution in [3.8, 4) is 0 Å². The van der Waals surface area contributed by atoms with Gasteiger partial charge < -0.3 is 10.6 Å². The van der Waals surface area contributed by atoms with Crippen LogP contribution in [0.1, 0.15) is 13.8 Å². The summed E-state index contributed by atoms with van der Waals surface area (Å²) in [6.45, 7) is 3.91. The first-order valence-electron chi connectivity index (χ1n) is 6.04. The van der Waals surface area contributed by atoms with E-state index in [-0.39, 0.29) is 49.7 Å². The highest BCUT2D eigenvalue weighted by Crippen LogP contribution is 2.17. The summed E-state index contributed by atoms with van der Waals surface area (Å²) in [6, 6.07) is -0.570. The second-order valence-electron chi connectivity index (χ2n) is 4.99. The predicted molar refractivity (Wildman–Crippen MR) is 76.4 cm³/mol. The van der Waals surface area contributed by atoms with Gasteiger partial charge in [-0.2, -0.15) is 13.2 Å². The summed E-state index contributed by atoms with van der Waals surface area (Å²) in [5.74, 6) is -0.137. The predicted octanol–water partition coefficient (Wildman–Crippen LogP) is 1.52. The smallest absolute Gasteiger partial charge is 0.339 e. The maximum Gasteiger partial charge on any atom is 0.401 e. The first kappa shape index (κ1) is 22.0. The molecule has 1 aliphatic heterocycles. The van der Waals surface area contributed by atoms with Crippen LogP contribution in [0.2, 0.25) is 0 Å². The zero-order valence-electron chi connectivity index (χ0n) is 11.5. The maximum absolute atomic E-state index is 12.2. The molecule has 0 aromatic rings. The number of nitrogens with two attached hydrogens (primary N) is 1. The van der Waals surface area contributed by atoms with Gasteiger partial charge in [-0.05, 0) is 5.92 Å². The van der Waals surface area contributed by atoms with E-state index in [4.69, 9.17) is 5.73 Å². The largest absolute Gasteiger partial charge is 0.401 e. The van der Waals surface area contributed by atoms with Crippen LogP contribution < -0.4 is 5.73 Å². The molecule has 0 aliphatic carbocycles. The number of halogens is 5. The van der Waals surface area contributed by atoms with E-state index in [1.807, 2.05) is 13.8 Å². The van der Waals surface area contributed by atoms with Crippen molar-refractivity contribution in [1.29, 1.82) is 0 Å². The highest BCUT2D eigenvalue weighted by atomic mass is 35.5. The van der Waals surface area contributed by atoms with Crippen LogP contribution in [0.5, 0.6) is 0 Å². The molecule has 1 aliphatic rings. The fourth-order valence-corrected chi connectivity index (χ4v) is 1.88. The van der Waals surface area contributed by atoms with Gasteiger partial charge in [0, 0.05) is 26.2 Å². The SMILES string of the molecule is CC(C)C(N)C(=O)N1CCN(CC(F)(F)F)CC1.Cl.Cl. The minimum Gasteiger partial charge on any atom is -0.339 e. The number of alkyl halides is 3. The van der Waals surface area contributed by atoms with Gasteiger partial charge in [0.05, 0.1) is 12.6 Å². The minimum absolute atomic E-state index is 0. The summed E-state index contributed by atoms with van der Waals surface area (Å²) in [5.41, 5.74) is 5.74. The Balaban J connectivity index is 0. The normalized spacial score (nSPS) is 18.2. The van der Waals surface area contributed by atoms with E-state index in [1.54, 1.807) is 4.90 Å². The van der Waals surface area contributed by atoms with Crippen LogP contribution >= 0.6 is 24.8 Å². The summed E-state index contributed by atoms with van der Waals surface area (Å²) < 4.78 is 36.6. The Bertz CT molecular complexity index is 295. The first-order valence-corrected chi connectivity index (χ1v) is 6.04. The molecule has 1 fully saturated rings. The van der Waals surface area contributed by atoms with Crippen LogP contribution in [0.25, 0.3) is 0 Å². The van der Waals surface area contributed by atoms with E-state index in [0.29, 0.717) is 13.1 Å². The van der Waals surface area contributed by atoms with Gasteiger partial charge in [0.1, 0.15) is 0 Å². The lowest BCUT2D eigenvalue weighted by atomic mass is 10.0. The molecule has 0 saturated carbocycles. The van der Waals surface area contributed by atoms with Gasteiger partial charge in [-0.25, -0.2) is 0 Å². The average Bonchev–Trinajstić information content (AvgIpc) is 2.26. The van der Waals surface area contributed by atoms with Gasteiger partial charge in [0.2, 0.25) is 5.91 Å². The van der Waals surface area contributed by atoms with Crippen LogP contribution in [0.4, 0.5) is 13.2 Å². The third kappa shape index (κ3) is 6.97. The molecule has 0 bridgehead atoms. The number of piperazine rings is 1. The third-order valence-corrected chi connectivity index (χ3v) is 3.09. The highest BCUT2D eigenvalue weighted by molar-refractivity contribution is 5.85. The Hall–Kier alpha value is -0.240. The van der Waals surface area contributed by atoms with Gasteiger partial charge in [-0.1, -0.05) is 13.8 Å². The lowest BCUT2D eigenvalue weighted by Crippen LogP contribution is -2.55. The van der Waals surface area contributed by atoms with Crippen LogP contribution in [0.3, 0.4) is 0 Å². The van der Waals surface area contributed by atoms with Crippen LogP contribution in [-0.2, 0) is 4.79 Å². The third-order valence-electron chi connectivity index (χ3n) is 3.09. The minimum atomic E-state index is -4.18. The first-order chi connectivity index (χ1) is 8.20.